The highest BCUT2D eigenvalue weighted by atomic mass is 32.2. The van der Waals surface area contributed by atoms with E-state index < -0.39 is 0 Å². The summed E-state index contributed by atoms with van der Waals surface area (Å²) in [6.45, 7) is 1.71. The van der Waals surface area contributed by atoms with Gasteiger partial charge in [0.25, 0.3) is 0 Å². The summed E-state index contributed by atoms with van der Waals surface area (Å²) in [6.07, 6.45) is 7.39. The number of carbonyl (C=O) groups is 1. The van der Waals surface area contributed by atoms with Gasteiger partial charge in [-0.3, -0.25) is 9.36 Å². The van der Waals surface area contributed by atoms with Gasteiger partial charge in [-0.15, -0.1) is 0 Å². The predicted octanol–water partition coefficient (Wildman–Crippen LogP) is 0.845. The second kappa shape index (κ2) is 6.75. The second-order valence-corrected chi connectivity index (χ2v) is 5.74. The third-order valence-corrected chi connectivity index (χ3v) is 4.17. The summed E-state index contributed by atoms with van der Waals surface area (Å²) < 4.78 is 1.36. The van der Waals surface area contributed by atoms with Gasteiger partial charge in [-0.05, 0) is 36.8 Å². The second-order valence-electron chi connectivity index (χ2n) is 4.83. The SMILES string of the molecule is CSC[C@@H]1CCCN(C(=O)Cn2cccnc2=O)C1. The van der Waals surface area contributed by atoms with Crippen LogP contribution in [0.15, 0.2) is 23.3 Å². The fourth-order valence-corrected chi connectivity index (χ4v) is 3.16. The van der Waals surface area contributed by atoms with Gasteiger partial charge in [-0.2, -0.15) is 11.8 Å². The van der Waals surface area contributed by atoms with Gasteiger partial charge < -0.3 is 4.90 Å². The molecule has 19 heavy (non-hydrogen) atoms. The number of aromatic nitrogens is 2. The van der Waals surface area contributed by atoms with Crippen LogP contribution in [0.25, 0.3) is 0 Å². The first-order chi connectivity index (χ1) is 9.20. The van der Waals surface area contributed by atoms with Gasteiger partial charge >= 0.3 is 5.69 Å². The Morgan fingerprint density at radius 1 is 1.58 bits per heavy atom. The van der Waals surface area contributed by atoms with E-state index in [1.807, 2.05) is 16.7 Å². The molecule has 6 heteroatoms. The predicted molar refractivity (Wildman–Crippen MR) is 76.2 cm³/mol. The Kier molecular flexibility index (Phi) is 5.01. The summed E-state index contributed by atoms with van der Waals surface area (Å²) in [4.78, 5) is 29.2. The average molecular weight is 281 g/mol. The van der Waals surface area contributed by atoms with Crippen LogP contribution in [0.4, 0.5) is 0 Å². The van der Waals surface area contributed by atoms with Crippen molar-refractivity contribution in [2.45, 2.75) is 19.4 Å². The van der Waals surface area contributed by atoms with E-state index in [4.69, 9.17) is 0 Å². The molecular weight excluding hydrogens is 262 g/mol. The van der Waals surface area contributed by atoms with Crippen LogP contribution in [0.1, 0.15) is 12.8 Å². The summed E-state index contributed by atoms with van der Waals surface area (Å²) >= 11 is 1.83. The third-order valence-electron chi connectivity index (χ3n) is 3.36. The molecule has 0 bridgehead atoms. The molecule has 0 saturated carbocycles. The molecule has 2 rings (SSSR count). The third kappa shape index (κ3) is 3.83. The van der Waals surface area contributed by atoms with Crippen molar-refractivity contribution in [3.63, 3.8) is 0 Å². The topological polar surface area (TPSA) is 55.2 Å². The number of piperidine rings is 1. The Labute approximate surface area is 117 Å². The zero-order valence-electron chi connectivity index (χ0n) is 11.1. The molecule has 0 aliphatic carbocycles. The summed E-state index contributed by atoms with van der Waals surface area (Å²) in [7, 11) is 0. The van der Waals surface area contributed by atoms with E-state index in [0.717, 1.165) is 25.3 Å². The molecule has 1 aliphatic heterocycles. The molecule has 0 aromatic carbocycles. The molecule has 1 aromatic rings. The lowest BCUT2D eigenvalue weighted by molar-refractivity contribution is -0.133. The zero-order valence-corrected chi connectivity index (χ0v) is 11.9. The average Bonchev–Trinajstić information content (AvgIpc) is 2.42. The van der Waals surface area contributed by atoms with Gasteiger partial charge in [-0.1, -0.05) is 0 Å². The molecule has 1 aliphatic rings. The smallest absolute Gasteiger partial charge is 0.341 e. The Hall–Kier alpha value is -1.30. The Morgan fingerprint density at radius 3 is 3.16 bits per heavy atom. The maximum Gasteiger partial charge on any atom is 0.347 e. The van der Waals surface area contributed by atoms with Crippen molar-refractivity contribution in [3.05, 3.63) is 28.9 Å². The fourth-order valence-electron chi connectivity index (χ4n) is 2.42. The molecule has 1 fully saturated rings. The number of carbonyl (C=O) groups excluding carboxylic acids is 1. The lowest BCUT2D eigenvalue weighted by Gasteiger charge is -2.32. The van der Waals surface area contributed by atoms with Gasteiger partial charge in [0.1, 0.15) is 6.54 Å². The van der Waals surface area contributed by atoms with E-state index in [1.54, 1.807) is 12.3 Å². The molecule has 1 aromatic heterocycles. The fraction of sp³-hybridized carbons (Fsp3) is 0.615. The molecular formula is C13H19N3O2S. The van der Waals surface area contributed by atoms with E-state index in [2.05, 4.69) is 11.2 Å². The number of thioether (sulfide) groups is 1. The van der Waals surface area contributed by atoms with E-state index >= 15 is 0 Å². The van der Waals surface area contributed by atoms with Crippen molar-refractivity contribution < 1.29 is 4.79 Å². The van der Waals surface area contributed by atoms with Gasteiger partial charge in [0.05, 0.1) is 0 Å². The van der Waals surface area contributed by atoms with Gasteiger partial charge in [0.2, 0.25) is 5.91 Å². The number of likely N-dealkylation sites (tertiary alicyclic amines) is 1. The van der Waals surface area contributed by atoms with E-state index in [-0.39, 0.29) is 18.1 Å². The van der Waals surface area contributed by atoms with Crippen molar-refractivity contribution in [1.29, 1.82) is 0 Å². The standard InChI is InChI=1S/C13H19N3O2S/c1-19-10-11-4-2-6-15(8-11)12(17)9-16-7-3-5-14-13(16)18/h3,5,7,11H,2,4,6,8-10H2,1H3/t11-/m1/s1. The monoisotopic (exact) mass is 281 g/mol. The molecule has 0 spiro atoms. The van der Waals surface area contributed by atoms with Crippen LogP contribution >= 0.6 is 11.8 Å². The molecule has 5 nitrogen and oxygen atoms in total. The number of nitrogens with zero attached hydrogens (tertiary/aromatic N) is 3. The number of hydrogen-bond donors (Lipinski definition) is 0. The van der Waals surface area contributed by atoms with Gasteiger partial charge in [-0.25, -0.2) is 9.78 Å². The van der Waals surface area contributed by atoms with E-state index in [1.165, 1.54) is 17.2 Å². The van der Waals surface area contributed by atoms with Crippen LogP contribution < -0.4 is 5.69 Å². The number of amides is 1. The van der Waals surface area contributed by atoms with Crippen molar-refractivity contribution in [1.82, 2.24) is 14.5 Å². The minimum atomic E-state index is -0.367. The van der Waals surface area contributed by atoms with Crippen LogP contribution in [0.2, 0.25) is 0 Å². The first-order valence-electron chi connectivity index (χ1n) is 6.49. The molecule has 1 atom stereocenters. The molecule has 0 N–H and O–H groups in total. The van der Waals surface area contributed by atoms with Crippen molar-refractivity contribution in [2.24, 2.45) is 5.92 Å². The first-order valence-corrected chi connectivity index (χ1v) is 7.88. The van der Waals surface area contributed by atoms with Crippen molar-refractivity contribution in [2.75, 3.05) is 25.1 Å². The number of rotatable bonds is 4. The summed E-state index contributed by atoms with van der Waals surface area (Å²) in [5, 5.41) is 0. The Bertz CT molecular complexity index is 487. The first kappa shape index (κ1) is 14.1. The highest BCUT2D eigenvalue weighted by molar-refractivity contribution is 7.98. The normalized spacial score (nSPS) is 19.4. The highest BCUT2D eigenvalue weighted by Crippen LogP contribution is 2.19. The van der Waals surface area contributed by atoms with Gasteiger partial charge in [0, 0.05) is 25.5 Å². The van der Waals surface area contributed by atoms with Crippen LogP contribution in [-0.2, 0) is 11.3 Å². The molecule has 104 valence electrons. The lowest BCUT2D eigenvalue weighted by Crippen LogP contribution is -2.43. The number of hydrogen-bond acceptors (Lipinski definition) is 4. The highest BCUT2D eigenvalue weighted by Gasteiger charge is 2.23. The summed E-state index contributed by atoms with van der Waals surface area (Å²) in [5.74, 6) is 1.69. The zero-order chi connectivity index (χ0) is 13.7. The van der Waals surface area contributed by atoms with Crippen molar-refractivity contribution in [3.8, 4) is 0 Å². The van der Waals surface area contributed by atoms with Crippen LogP contribution in [-0.4, -0.2) is 45.5 Å². The van der Waals surface area contributed by atoms with Crippen LogP contribution in [0.5, 0.6) is 0 Å². The van der Waals surface area contributed by atoms with Crippen LogP contribution in [0.3, 0.4) is 0 Å². The lowest BCUT2D eigenvalue weighted by atomic mass is 10.00. The largest absolute Gasteiger partial charge is 0.347 e. The Morgan fingerprint density at radius 2 is 2.42 bits per heavy atom. The molecule has 0 radical (unpaired) electrons. The minimum absolute atomic E-state index is 0.0147. The minimum Gasteiger partial charge on any atom is -0.341 e. The Balaban J connectivity index is 1.96. The molecule has 2 heterocycles. The molecule has 0 unspecified atom stereocenters. The van der Waals surface area contributed by atoms with Crippen molar-refractivity contribution >= 4 is 17.7 Å². The maximum atomic E-state index is 12.2. The summed E-state index contributed by atoms with van der Waals surface area (Å²) in [6, 6.07) is 1.67. The van der Waals surface area contributed by atoms with Crippen LogP contribution in [0, 0.1) is 5.92 Å². The molecule has 1 amide bonds. The van der Waals surface area contributed by atoms with E-state index in [0.29, 0.717) is 5.92 Å². The molecule has 1 saturated heterocycles. The summed E-state index contributed by atoms with van der Waals surface area (Å²) in [5.41, 5.74) is -0.367. The van der Waals surface area contributed by atoms with Gasteiger partial charge in [0.15, 0.2) is 0 Å². The maximum absolute atomic E-state index is 12.2. The quantitative estimate of drug-likeness (QED) is 0.821. The van der Waals surface area contributed by atoms with E-state index in [9.17, 15) is 9.59 Å².